The number of piperidine rings is 1. The number of sulfonamides is 1. The average Bonchev–Trinajstić information content (AvgIpc) is 2.69. The number of carbonyl (C=O) groups excluding carboxylic acids is 1. The topological polar surface area (TPSA) is 84.9 Å². The Morgan fingerprint density at radius 3 is 2.54 bits per heavy atom. The number of ether oxygens (including phenoxy) is 2. The van der Waals surface area contributed by atoms with Crippen LogP contribution in [0.2, 0.25) is 0 Å². The molecule has 0 radical (unpaired) electrons. The number of aryl methyl sites for hydroxylation is 1. The van der Waals surface area contributed by atoms with Crippen molar-refractivity contribution >= 4 is 15.9 Å². The van der Waals surface area contributed by atoms with Crippen molar-refractivity contribution in [1.29, 1.82) is 0 Å². The molecule has 0 bridgehead atoms. The summed E-state index contributed by atoms with van der Waals surface area (Å²) >= 11 is 0. The van der Waals surface area contributed by atoms with Crippen LogP contribution in [0.4, 0.5) is 0 Å². The quantitative estimate of drug-likeness (QED) is 0.596. The summed E-state index contributed by atoms with van der Waals surface area (Å²) < 4.78 is 38.1. The molecular formula is C20H32N2O5S. The first-order valence-electron chi connectivity index (χ1n) is 9.99. The molecule has 7 nitrogen and oxygen atoms in total. The molecule has 0 aliphatic carbocycles. The van der Waals surface area contributed by atoms with Crippen molar-refractivity contribution in [2.24, 2.45) is 5.92 Å². The largest absolute Gasteiger partial charge is 0.494 e. The van der Waals surface area contributed by atoms with E-state index in [0.717, 1.165) is 12.0 Å². The highest BCUT2D eigenvalue weighted by molar-refractivity contribution is 7.89. The molecule has 0 atom stereocenters. The SMILES string of the molecule is CCOCCCNC(=O)C1CCN(S(=O)(=O)c2ccc(OCC)c(C)c2)CC1. The Balaban J connectivity index is 1.89. The smallest absolute Gasteiger partial charge is 0.243 e. The second kappa shape index (κ2) is 10.8. The average molecular weight is 413 g/mol. The summed E-state index contributed by atoms with van der Waals surface area (Å²) in [5.41, 5.74) is 0.796. The van der Waals surface area contributed by atoms with E-state index in [4.69, 9.17) is 9.47 Å². The van der Waals surface area contributed by atoms with Gasteiger partial charge in [-0.05, 0) is 63.8 Å². The zero-order valence-corrected chi connectivity index (χ0v) is 17.9. The molecule has 1 aliphatic rings. The normalized spacial score (nSPS) is 16.1. The van der Waals surface area contributed by atoms with Crippen LogP contribution in [-0.2, 0) is 19.6 Å². The van der Waals surface area contributed by atoms with E-state index >= 15 is 0 Å². The number of rotatable bonds is 10. The molecule has 2 rings (SSSR count). The number of nitrogens with one attached hydrogen (secondary N) is 1. The Bertz CT molecular complexity index is 743. The highest BCUT2D eigenvalue weighted by atomic mass is 32.2. The fraction of sp³-hybridized carbons (Fsp3) is 0.650. The van der Waals surface area contributed by atoms with Crippen LogP contribution in [0.1, 0.15) is 38.7 Å². The number of benzene rings is 1. The van der Waals surface area contributed by atoms with Gasteiger partial charge in [0.1, 0.15) is 5.75 Å². The van der Waals surface area contributed by atoms with Gasteiger partial charge in [-0.3, -0.25) is 4.79 Å². The van der Waals surface area contributed by atoms with Crippen molar-refractivity contribution in [2.45, 2.75) is 44.9 Å². The third kappa shape index (κ3) is 5.93. The van der Waals surface area contributed by atoms with Crippen LogP contribution in [0.15, 0.2) is 23.1 Å². The first-order chi connectivity index (χ1) is 13.4. The minimum atomic E-state index is -3.56. The van der Waals surface area contributed by atoms with Crippen molar-refractivity contribution in [3.63, 3.8) is 0 Å². The lowest BCUT2D eigenvalue weighted by Gasteiger charge is -2.30. The third-order valence-corrected chi connectivity index (χ3v) is 6.77. The van der Waals surface area contributed by atoms with Crippen LogP contribution >= 0.6 is 0 Å². The fourth-order valence-electron chi connectivity index (χ4n) is 3.28. The van der Waals surface area contributed by atoms with Crippen LogP contribution in [0.3, 0.4) is 0 Å². The first kappa shape index (κ1) is 22.6. The number of carbonyl (C=O) groups is 1. The van der Waals surface area contributed by atoms with Crippen molar-refractivity contribution in [1.82, 2.24) is 9.62 Å². The molecule has 0 unspecified atom stereocenters. The molecule has 1 aliphatic heterocycles. The minimum Gasteiger partial charge on any atom is -0.494 e. The fourth-order valence-corrected chi connectivity index (χ4v) is 4.84. The van der Waals surface area contributed by atoms with Crippen LogP contribution < -0.4 is 10.1 Å². The Kier molecular flexibility index (Phi) is 8.72. The molecule has 1 aromatic rings. The molecule has 1 amide bonds. The van der Waals surface area contributed by atoms with Gasteiger partial charge < -0.3 is 14.8 Å². The van der Waals surface area contributed by atoms with E-state index in [1.807, 2.05) is 20.8 Å². The van der Waals surface area contributed by atoms with E-state index in [1.165, 1.54) is 4.31 Å². The number of hydrogen-bond acceptors (Lipinski definition) is 5. The predicted molar refractivity (Wildman–Crippen MR) is 108 cm³/mol. The third-order valence-electron chi connectivity index (χ3n) is 4.88. The summed E-state index contributed by atoms with van der Waals surface area (Å²) in [5, 5.41) is 2.92. The van der Waals surface area contributed by atoms with Gasteiger partial charge in [0, 0.05) is 38.8 Å². The molecule has 0 spiro atoms. The van der Waals surface area contributed by atoms with E-state index in [1.54, 1.807) is 18.2 Å². The summed E-state index contributed by atoms with van der Waals surface area (Å²) in [6.45, 7) is 8.81. The van der Waals surface area contributed by atoms with Gasteiger partial charge in [-0.2, -0.15) is 4.31 Å². The van der Waals surface area contributed by atoms with Gasteiger partial charge in [0.2, 0.25) is 15.9 Å². The Labute approximate surface area is 168 Å². The van der Waals surface area contributed by atoms with Crippen molar-refractivity contribution < 1.29 is 22.7 Å². The number of nitrogens with zero attached hydrogens (tertiary/aromatic N) is 1. The highest BCUT2D eigenvalue weighted by Crippen LogP contribution is 2.27. The summed E-state index contributed by atoms with van der Waals surface area (Å²) in [6, 6.07) is 4.94. The van der Waals surface area contributed by atoms with Crippen molar-refractivity contribution in [3.05, 3.63) is 23.8 Å². The van der Waals surface area contributed by atoms with Crippen molar-refractivity contribution in [3.8, 4) is 5.75 Å². The molecule has 8 heteroatoms. The van der Waals surface area contributed by atoms with Gasteiger partial charge in [-0.1, -0.05) is 0 Å². The van der Waals surface area contributed by atoms with Crippen LogP contribution in [-0.4, -0.2) is 58.1 Å². The summed E-state index contributed by atoms with van der Waals surface area (Å²) in [5.74, 6) is 0.562. The maximum absolute atomic E-state index is 12.9. The van der Waals surface area contributed by atoms with E-state index in [0.29, 0.717) is 58.0 Å². The highest BCUT2D eigenvalue weighted by Gasteiger charge is 2.32. The van der Waals surface area contributed by atoms with E-state index in [9.17, 15) is 13.2 Å². The van der Waals surface area contributed by atoms with Crippen LogP contribution in [0.25, 0.3) is 0 Å². The molecule has 1 heterocycles. The molecule has 1 aromatic carbocycles. The summed E-state index contributed by atoms with van der Waals surface area (Å²) in [7, 11) is -3.56. The number of hydrogen-bond donors (Lipinski definition) is 1. The predicted octanol–water partition coefficient (Wildman–Crippen LogP) is 2.34. The molecule has 0 aromatic heterocycles. The molecule has 1 saturated heterocycles. The second-order valence-electron chi connectivity index (χ2n) is 6.88. The van der Waals surface area contributed by atoms with Gasteiger partial charge in [0.05, 0.1) is 11.5 Å². The van der Waals surface area contributed by atoms with Gasteiger partial charge in [-0.25, -0.2) is 8.42 Å². The Hall–Kier alpha value is -1.64. The minimum absolute atomic E-state index is 0.00505. The molecule has 1 N–H and O–H groups in total. The molecule has 0 saturated carbocycles. The zero-order chi connectivity index (χ0) is 20.6. The molecule has 28 heavy (non-hydrogen) atoms. The zero-order valence-electron chi connectivity index (χ0n) is 17.1. The van der Waals surface area contributed by atoms with Crippen molar-refractivity contribution in [2.75, 3.05) is 39.5 Å². The van der Waals surface area contributed by atoms with Gasteiger partial charge >= 0.3 is 0 Å². The van der Waals surface area contributed by atoms with E-state index in [2.05, 4.69) is 5.32 Å². The molecule has 158 valence electrons. The van der Waals surface area contributed by atoms with Gasteiger partial charge in [0.15, 0.2) is 0 Å². The standard InChI is InChI=1S/C20H32N2O5S/c1-4-26-14-6-11-21-20(23)17-9-12-22(13-10-17)28(24,25)18-7-8-19(27-5-2)16(3)15-18/h7-8,15,17H,4-6,9-14H2,1-3H3,(H,21,23). The lowest BCUT2D eigenvalue weighted by atomic mass is 9.97. The Morgan fingerprint density at radius 1 is 1.21 bits per heavy atom. The monoisotopic (exact) mass is 412 g/mol. The molecular weight excluding hydrogens is 380 g/mol. The summed E-state index contributed by atoms with van der Waals surface area (Å²) in [4.78, 5) is 12.5. The summed E-state index contributed by atoms with van der Waals surface area (Å²) in [6.07, 6.45) is 1.85. The van der Waals surface area contributed by atoms with E-state index in [-0.39, 0.29) is 16.7 Å². The molecule has 1 fully saturated rings. The maximum Gasteiger partial charge on any atom is 0.243 e. The van der Waals surface area contributed by atoms with E-state index < -0.39 is 10.0 Å². The Morgan fingerprint density at radius 2 is 1.93 bits per heavy atom. The number of amides is 1. The second-order valence-corrected chi connectivity index (χ2v) is 8.82. The van der Waals surface area contributed by atoms with Gasteiger partial charge in [0.25, 0.3) is 0 Å². The first-order valence-corrected chi connectivity index (χ1v) is 11.4. The lowest BCUT2D eigenvalue weighted by molar-refractivity contribution is -0.126. The maximum atomic E-state index is 12.9. The van der Waals surface area contributed by atoms with Gasteiger partial charge in [-0.15, -0.1) is 0 Å². The lowest BCUT2D eigenvalue weighted by Crippen LogP contribution is -2.43. The van der Waals surface area contributed by atoms with Crippen LogP contribution in [0, 0.1) is 12.8 Å². The van der Waals surface area contributed by atoms with Crippen LogP contribution in [0.5, 0.6) is 5.75 Å².